The first-order valence-electron chi connectivity index (χ1n) is 9.87. The van der Waals surface area contributed by atoms with E-state index < -0.39 is 11.7 Å². The lowest BCUT2D eigenvalue weighted by atomic mass is 9.91. The van der Waals surface area contributed by atoms with E-state index in [0.29, 0.717) is 18.3 Å². The Morgan fingerprint density at radius 2 is 1.96 bits per heavy atom. The van der Waals surface area contributed by atoms with Gasteiger partial charge in [-0.05, 0) is 56.7 Å². The third-order valence-corrected chi connectivity index (χ3v) is 5.15. The van der Waals surface area contributed by atoms with Gasteiger partial charge in [-0.25, -0.2) is 9.97 Å². The molecular weight excluding hydrogens is 365 g/mol. The van der Waals surface area contributed by atoms with Gasteiger partial charge in [0.15, 0.2) is 0 Å². The van der Waals surface area contributed by atoms with Gasteiger partial charge in [-0.3, -0.25) is 4.90 Å². The minimum absolute atomic E-state index is 0.505. The summed E-state index contributed by atoms with van der Waals surface area (Å²) in [5.74, 6) is 1.15. The van der Waals surface area contributed by atoms with E-state index in [-0.39, 0.29) is 0 Å². The summed E-state index contributed by atoms with van der Waals surface area (Å²) in [6, 6.07) is 5.71. The third kappa shape index (κ3) is 5.92. The molecule has 1 unspecified atom stereocenters. The van der Waals surface area contributed by atoms with E-state index in [1.54, 1.807) is 6.07 Å². The zero-order valence-corrected chi connectivity index (χ0v) is 16.2. The van der Waals surface area contributed by atoms with Gasteiger partial charge in [0.1, 0.15) is 0 Å². The molecular formula is C21H27F3N4. The van der Waals surface area contributed by atoms with Crippen molar-refractivity contribution in [1.82, 2.24) is 14.9 Å². The van der Waals surface area contributed by atoms with Crippen LogP contribution < -0.4 is 5.32 Å². The monoisotopic (exact) mass is 392 g/mol. The van der Waals surface area contributed by atoms with Gasteiger partial charge in [-0.2, -0.15) is 13.2 Å². The van der Waals surface area contributed by atoms with Gasteiger partial charge in [0.25, 0.3) is 0 Å². The molecule has 1 fully saturated rings. The molecule has 1 atom stereocenters. The number of benzene rings is 1. The third-order valence-electron chi connectivity index (χ3n) is 5.15. The summed E-state index contributed by atoms with van der Waals surface area (Å²) in [5, 5.41) is 3.08. The summed E-state index contributed by atoms with van der Waals surface area (Å²) in [5.41, 5.74) is 1.29. The van der Waals surface area contributed by atoms with Crippen molar-refractivity contribution in [3.63, 3.8) is 0 Å². The Hall–Kier alpha value is -2.15. The number of halogens is 3. The van der Waals surface area contributed by atoms with Crippen LogP contribution in [0.25, 0.3) is 0 Å². The maximum atomic E-state index is 12.9. The van der Waals surface area contributed by atoms with Crippen LogP contribution in [0.5, 0.6) is 0 Å². The van der Waals surface area contributed by atoms with Gasteiger partial charge in [0.05, 0.1) is 5.56 Å². The molecule has 4 nitrogen and oxygen atoms in total. The summed E-state index contributed by atoms with van der Waals surface area (Å²) in [7, 11) is 0. The van der Waals surface area contributed by atoms with Gasteiger partial charge < -0.3 is 5.32 Å². The molecule has 0 radical (unpaired) electrons. The summed E-state index contributed by atoms with van der Waals surface area (Å²) < 4.78 is 38.6. The number of rotatable bonds is 7. The molecule has 152 valence electrons. The molecule has 2 heterocycles. The second kappa shape index (κ2) is 9.37. The van der Waals surface area contributed by atoms with Gasteiger partial charge >= 0.3 is 6.18 Å². The number of piperidine rings is 1. The van der Waals surface area contributed by atoms with Crippen LogP contribution in [0.4, 0.5) is 19.1 Å². The molecule has 28 heavy (non-hydrogen) atoms. The molecule has 1 aliphatic rings. The molecule has 0 saturated carbocycles. The van der Waals surface area contributed by atoms with Crippen molar-refractivity contribution in [2.75, 3.05) is 25.0 Å². The maximum absolute atomic E-state index is 12.9. The standard InChI is InChI=1S/C21H27F3N4/c1-2-25-20-26-12-18(13-27-20)15-28-10-4-6-17(14-28)9-8-16-5-3-7-19(11-16)21(22,23)24/h3,5,7,11-13,17H,2,4,6,8-10,14-15H2,1H3,(H,25,26,27). The lowest BCUT2D eigenvalue weighted by Gasteiger charge is -2.32. The van der Waals surface area contributed by atoms with Crippen molar-refractivity contribution in [3.8, 4) is 0 Å². The molecule has 1 saturated heterocycles. The Kier molecular flexibility index (Phi) is 6.88. The number of alkyl halides is 3. The lowest BCUT2D eigenvalue weighted by Crippen LogP contribution is -2.35. The summed E-state index contributed by atoms with van der Waals surface area (Å²) in [4.78, 5) is 11.0. The average Bonchev–Trinajstić information content (AvgIpc) is 2.68. The first-order chi connectivity index (χ1) is 13.4. The number of nitrogens with zero attached hydrogens (tertiary/aromatic N) is 3. The van der Waals surface area contributed by atoms with E-state index in [9.17, 15) is 13.2 Å². The maximum Gasteiger partial charge on any atom is 0.416 e. The van der Waals surface area contributed by atoms with Crippen LogP contribution in [-0.4, -0.2) is 34.5 Å². The van der Waals surface area contributed by atoms with E-state index in [4.69, 9.17) is 0 Å². The fourth-order valence-corrected chi connectivity index (χ4v) is 3.75. The summed E-state index contributed by atoms with van der Waals surface area (Å²) >= 11 is 0. The first kappa shape index (κ1) is 20.6. The highest BCUT2D eigenvalue weighted by Gasteiger charge is 2.30. The smallest absolute Gasteiger partial charge is 0.355 e. The Bertz CT molecular complexity index is 746. The van der Waals surface area contributed by atoms with Crippen molar-refractivity contribution in [3.05, 3.63) is 53.3 Å². The van der Waals surface area contributed by atoms with Crippen molar-refractivity contribution >= 4 is 5.95 Å². The van der Waals surface area contributed by atoms with Crippen LogP contribution >= 0.6 is 0 Å². The summed E-state index contributed by atoms with van der Waals surface area (Å²) in [6.07, 6.45) is 3.28. The van der Waals surface area contributed by atoms with E-state index in [1.165, 1.54) is 12.1 Å². The van der Waals surface area contributed by atoms with E-state index in [1.807, 2.05) is 19.3 Å². The number of aryl methyl sites for hydroxylation is 1. The largest absolute Gasteiger partial charge is 0.416 e. The predicted octanol–water partition coefficient (Wildman–Crippen LogP) is 4.77. The molecule has 0 aliphatic carbocycles. The van der Waals surface area contributed by atoms with E-state index >= 15 is 0 Å². The molecule has 1 aromatic heterocycles. The van der Waals surface area contributed by atoms with Crippen molar-refractivity contribution in [2.24, 2.45) is 5.92 Å². The molecule has 1 N–H and O–H groups in total. The van der Waals surface area contributed by atoms with Crippen LogP contribution in [0.3, 0.4) is 0 Å². The number of likely N-dealkylation sites (tertiary alicyclic amines) is 1. The molecule has 7 heteroatoms. The highest BCUT2D eigenvalue weighted by molar-refractivity contribution is 5.26. The Morgan fingerprint density at radius 1 is 1.18 bits per heavy atom. The number of nitrogens with one attached hydrogen (secondary N) is 1. The second-order valence-electron chi connectivity index (χ2n) is 7.43. The molecule has 1 aliphatic heterocycles. The van der Waals surface area contributed by atoms with Crippen LogP contribution in [0.15, 0.2) is 36.7 Å². The molecule has 2 aromatic rings. The first-order valence-corrected chi connectivity index (χ1v) is 9.87. The zero-order chi connectivity index (χ0) is 20.0. The Balaban J connectivity index is 1.51. The van der Waals surface area contributed by atoms with Crippen molar-refractivity contribution in [1.29, 1.82) is 0 Å². The highest BCUT2D eigenvalue weighted by atomic mass is 19.4. The normalized spacial score (nSPS) is 18.2. The number of aromatic nitrogens is 2. The van der Waals surface area contributed by atoms with Crippen LogP contribution in [0, 0.1) is 5.92 Å². The molecule has 3 rings (SSSR count). The summed E-state index contributed by atoms with van der Waals surface area (Å²) in [6.45, 7) is 5.61. The van der Waals surface area contributed by atoms with Crippen molar-refractivity contribution < 1.29 is 13.2 Å². The minimum atomic E-state index is -4.28. The number of hydrogen-bond acceptors (Lipinski definition) is 4. The topological polar surface area (TPSA) is 41.1 Å². The zero-order valence-electron chi connectivity index (χ0n) is 16.2. The molecule has 0 bridgehead atoms. The van der Waals surface area contributed by atoms with Gasteiger partial charge in [0, 0.05) is 37.6 Å². The fourth-order valence-electron chi connectivity index (χ4n) is 3.75. The highest BCUT2D eigenvalue weighted by Crippen LogP contribution is 2.30. The minimum Gasteiger partial charge on any atom is -0.355 e. The fraction of sp³-hybridized carbons (Fsp3) is 0.524. The lowest BCUT2D eigenvalue weighted by molar-refractivity contribution is -0.137. The SMILES string of the molecule is CCNc1ncc(CN2CCCC(CCc3cccc(C(F)(F)F)c3)C2)cn1. The van der Waals surface area contributed by atoms with Gasteiger partial charge in [-0.1, -0.05) is 18.2 Å². The Morgan fingerprint density at radius 3 is 2.68 bits per heavy atom. The molecule has 1 aromatic carbocycles. The van der Waals surface area contributed by atoms with E-state index in [2.05, 4.69) is 20.2 Å². The van der Waals surface area contributed by atoms with Gasteiger partial charge in [0.2, 0.25) is 5.95 Å². The quantitative estimate of drug-likeness (QED) is 0.737. The van der Waals surface area contributed by atoms with Crippen molar-refractivity contribution in [2.45, 2.75) is 45.3 Å². The predicted molar refractivity (Wildman–Crippen MR) is 104 cm³/mol. The Labute approximate surface area is 164 Å². The van der Waals surface area contributed by atoms with E-state index in [0.717, 1.165) is 62.6 Å². The van der Waals surface area contributed by atoms with Crippen LogP contribution in [0.1, 0.15) is 42.9 Å². The number of hydrogen-bond donors (Lipinski definition) is 1. The van der Waals surface area contributed by atoms with Gasteiger partial charge in [-0.15, -0.1) is 0 Å². The number of anilines is 1. The molecule has 0 amide bonds. The van der Waals surface area contributed by atoms with Crippen LogP contribution in [-0.2, 0) is 19.1 Å². The van der Waals surface area contributed by atoms with Crippen LogP contribution in [0.2, 0.25) is 0 Å². The second-order valence-corrected chi connectivity index (χ2v) is 7.43. The average molecular weight is 392 g/mol. The molecule has 0 spiro atoms.